The molecule has 0 spiro atoms. The monoisotopic (exact) mass is 350 g/mol. The summed E-state index contributed by atoms with van der Waals surface area (Å²) < 4.78 is 6.96. The molecule has 0 N–H and O–H groups in total. The van der Waals surface area contributed by atoms with Gasteiger partial charge in [-0.1, -0.05) is 23.4 Å². The van der Waals surface area contributed by atoms with E-state index in [0.717, 1.165) is 23.2 Å². The molecular formula is C19H18N4O3. The first-order chi connectivity index (χ1) is 12.7. The minimum atomic E-state index is -0.543. The zero-order chi connectivity index (χ0) is 18.1. The fourth-order valence-electron chi connectivity index (χ4n) is 3.22. The number of nitrogens with zero attached hydrogens (tertiary/aromatic N) is 4. The topological polar surface area (TPSA) is 77.3 Å². The molecule has 7 nitrogen and oxygen atoms in total. The Labute approximate surface area is 150 Å². The van der Waals surface area contributed by atoms with Crippen LogP contribution in [0, 0.1) is 0 Å². The molecule has 0 unspecified atom stereocenters. The van der Waals surface area contributed by atoms with Gasteiger partial charge in [0.05, 0.1) is 11.1 Å². The first-order valence-corrected chi connectivity index (χ1v) is 8.56. The summed E-state index contributed by atoms with van der Waals surface area (Å²) in [5, 5.41) is 8.06. The van der Waals surface area contributed by atoms with Crippen molar-refractivity contribution < 1.29 is 14.3 Å². The van der Waals surface area contributed by atoms with Crippen molar-refractivity contribution in [3.63, 3.8) is 0 Å². The predicted octanol–water partition coefficient (Wildman–Crippen LogP) is 2.20. The van der Waals surface area contributed by atoms with E-state index in [0.29, 0.717) is 24.2 Å². The zero-order valence-electron chi connectivity index (χ0n) is 14.4. The average Bonchev–Trinajstić information content (AvgIpc) is 3.29. The second-order valence-corrected chi connectivity index (χ2v) is 6.11. The van der Waals surface area contributed by atoms with Crippen molar-refractivity contribution in [1.82, 2.24) is 15.0 Å². The van der Waals surface area contributed by atoms with Gasteiger partial charge in [0, 0.05) is 18.8 Å². The van der Waals surface area contributed by atoms with Crippen molar-refractivity contribution in [3.8, 4) is 0 Å². The van der Waals surface area contributed by atoms with Crippen molar-refractivity contribution in [1.29, 1.82) is 0 Å². The minimum absolute atomic E-state index is 0.221. The molecule has 0 radical (unpaired) electrons. The number of hydrogen-bond acceptors (Lipinski definition) is 5. The number of anilines is 1. The van der Waals surface area contributed by atoms with Crippen LogP contribution in [0.4, 0.5) is 5.69 Å². The predicted molar refractivity (Wildman–Crippen MR) is 96.0 cm³/mol. The molecule has 2 aromatic carbocycles. The summed E-state index contributed by atoms with van der Waals surface area (Å²) in [7, 11) is 0. The Morgan fingerprint density at radius 1 is 1.19 bits per heavy atom. The Bertz CT molecular complexity index is 995. The van der Waals surface area contributed by atoms with E-state index in [9.17, 15) is 9.59 Å². The Balaban J connectivity index is 1.43. The number of ether oxygens (including phenoxy) is 1. The lowest BCUT2D eigenvalue weighted by Gasteiger charge is -2.17. The molecule has 1 aromatic heterocycles. The smallest absolute Gasteiger partial charge is 0.338 e. The van der Waals surface area contributed by atoms with Gasteiger partial charge in [-0.25, -0.2) is 9.48 Å². The van der Waals surface area contributed by atoms with Gasteiger partial charge in [-0.05, 0) is 43.2 Å². The van der Waals surface area contributed by atoms with E-state index in [-0.39, 0.29) is 12.5 Å². The maximum atomic E-state index is 12.4. The van der Waals surface area contributed by atoms with Crippen molar-refractivity contribution in [2.45, 2.75) is 19.9 Å². The fourth-order valence-corrected chi connectivity index (χ4v) is 3.22. The number of aryl methyl sites for hydroxylation is 1. The molecule has 7 heteroatoms. The normalized spacial score (nSPS) is 13.0. The van der Waals surface area contributed by atoms with Gasteiger partial charge in [0.2, 0.25) is 0 Å². The van der Waals surface area contributed by atoms with Crippen LogP contribution in [0.2, 0.25) is 0 Å². The first-order valence-electron chi connectivity index (χ1n) is 8.56. The highest BCUT2D eigenvalue weighted by molar-refractivity contribution is 5.99. The van der Waals surface area contributed by atoms with E-state index < -0.39 is 5.97 Å². The lowest BCUT2D eigenvalue weighted by Crippen LogP contribution is -2.33. The molecule has 2 heterocycles. The third kappa shape index (κ3) is 2.81. The van der Waals surface area contributed by atoms with Crippen molar-refractivity contribution in [2.24, 2.45) is 0 Å². The van der Waals surface area contributed by atoms with Crippen molar-refractivity contribution in [2.75, 3.05) is 18.1 Å². The standard InChI is InChI=1S/C19H18N4O3/c1-2-23-17-8-7-14(11-15(17)20-21-23)19(25)26-12-18(24)22-10-9-13-5-3-4-6-16(13)22/h3-8,11H,2,9-10,12H2,1H3. The SMILES string of the molecule is CCn1nnc2cc(C(=O)OCC(=O)N3CCc4ccccc43)ccc21. The maximum Gasteiger partial charge on any atom is 0.338 e. The van der Waals surface area contributed by atoms with Gasteiger partial charge in [0.25, 0.3) is 5.91 Å². The number of amides is 1. The van der Waals surface area contributed by atoms with Crippen LogP contribution >= 0.6 is 0 Å². The maximum absolute atomic E-state index is 12.4. The average molecular weight is 350 g/mol. The van der Waals surface area contributed by atoms with Crippen LogP contribution < -0.4 is 4.90 Å². The molecule has 0 saturated carbocycles. The second kappa shape index (κ2) is 6.59. The van der Waals surface area contributed by atoms with Crippen LogP contribution in [0.15, 0.2) is 42.5 Å². The molecule has 4 rings (SSSR count). The third-order valence-corrected chi connectivity index (χ3v) is 4.56. The van der Waals surface area contributed by atoms with Crippen molar-refractivity contribution in [3.05, 3.63) is 53.6 Å². The van der Waals surface area contributed by atoms with Crippen molar-refractivity contribution >= 4 is 28.6 Å². The van der Waals surface area contributed by atoms with Crippen LogP contribution in [0.5, 0.6) is 0 Å². The van der Waals surface area contributed by atoms with E-state index in [4.69, 9.17) is 4.74 Å². The Morgan fingerprint density at radius 2 is 2.04 bits per heavy atom. The van der Waals surface area contributed by atoms with E-state index in [1.54, 1.807) is 27.8 Å². The molecule has 1 aliphatic heterocycles. The van der Waals surface area contributed by atoms with Gasteiger partial charge in [-0.2, -0.15) is 0 Å². The zero-order valence-corrected chi connectivity index (χ0v) is 14.4. The van der Waals surface area contributed by atoms with Crippen LogP contribution in [0.25, 0.3) is 11.0 Å². The summed E-state index contributed by atoms with van der Waals surface area (Å²) in [6, 6.07) is 12.9. The van der Waals surface area contributed by atoms with E-state index >= 15 is 0 Å². The molecule has 0 saturated heterocycles. The largest absolute Gasteiger partial charge is 0.452 e. The number of hydrogen-bond donors (Lipinski definition) is 0. The molecule has 132 valence electrons. The van der Waals surface area contributed by atoms with Gasteiger partial charge in [-0.15, -0.1) is 5.10 Å². The molecule has 0 atom stereocenters. The number of carbonyl (C=O) groups is 2. The number of carbonyl (C=O) groups excluding carboxylic acids is 2. The summed E-state index contributed by atoms with van der Waals surface area (Å²) in [4.78, 5) is 26.4. The molecule has 1 amide bonds. The summed E-state index contributed by atoms with van der Waals surface area (Å²) in [6.07, 6.45) is 0.819. The van der Waals surface area contributed by atoms with Gasteiger partial charge >= 0.3 is 5.97 Å². The van der Waals surface area contributed by atoms with E-state index in [2.05, 4.69) is 10.3 Å². The van der Waals surface area contributed by atoms with Crippen LogP contribution in [0.1, 0.15) is 22.8 Å². The number of rotatable bonds is 4. The highest BCUT2D eigenvalue weighted by atomic mass is 16.5. The quantitative estimate of drug-likeness (QED) is 0.674. The van der Waals surface area contributed by atoms with Gasteiger partial charge in [0.1, 0.15) is 5.52 Å². The number of benzene rings is 2. The third-order valence-electron chi connectivity index (χ3n) is 4.56. The minimum Gasteiger partial charge on any atom is -0.452 e. The molecule has 3 aromatic rings. The fraction of sp³-hybridized carbons (Fsp3) is 0.263. The molecule has 1 aliphatic rings. The summed E-state index contributed by atoms with van der Waals surface area (Å²) in [5.74, 6) is -0.764. The summed E-state index contributed by atoms with van der Waals surface area (Å²) >= 11 is 0. The molecule has 0 aliphatic carbocycles. The highest BCUT2D eigenvalue weighted by Crippen LogP contribution is 2.27. The lowest BCUT2D eigenvalue weighted by atomic mass is 10.2. The first kappa shape index (κ1) is 16.3. The molecule has 0 bridgehead atoms. The summed E-state index contributed by atoms with van der Waals surface area (Å²) in [5.41, 5.74) is 3.87. The number of para-hydroxylation sites is 1. The number of esters is 1. The molecule has 0 fully saturated rings. The van der Waals surface area contributed by atoms with Crippen LogP contribution in [-0.4, -0.2) is 40.0 Å². The highest BCUT2D eigenvalue weighted by Gasteiger charge is 2.25. The van der Waals surface area contributed by atoms with Gasteiger partial charge < -0.3 is 9.64 Å². The van der Waals surface area contributed by atoms with Crippen LogP contribution in [-0.2, 0) is 22.5 Å². The Hall–Kier alpha value is -3.22. The number of fused-ring (bicyclic) bond motifs is 2. The van der Waals surface area contributed by atoms with Crippen LogP contribution in [0.3, 0.4) is 0 Å². The van der Waals surface area contributed by atoms with E-state index in [1.807, 2.05) is 31.2 Å². The lowest BCUT2D eigenvalue weighted by molar-refractivity contribution is -0.121. The second-order valence-electron chi connectivity index (χ2n) is 6.11. The molecular weight excluding hydrogens is 332 g/mol. The van der Waals surface area contributed by atoms with Gasteiger partial charge in [-0.3, -0.25) is 4.79 Å². The molecule has 26 heavy (non-hydrogen) atoms. The Kier molecular flexibility index (Phi) is 4.12. The Morgan fingerprint density at radius 3 is 2.88 bits per heavy atom. The van der Waals surface area contributed by atoms with Gasteiger partial charge in [0.15, 0.2) is 6.61 Å². The summed E-state index contributed by atoms with van der Waals surface area (Å²) in [6.45, 7) is 3.00. The number of aromatic nitrogens is 3. The van der Waals surface area contributed by atoms with E-state index in [1.165, 1.54) is 0 Å².